The Kier molecular flexibility index (Phi) is 65.7. The molecule has 0 aliphatic heterocycles. The van der Waals surface area contributed by atoms with Gasteiger partial charge in [-0.15, -0.1) is 0 Å². The van der Waals surface area contributed by atoms with Gasteiger partial charge in [-0.2, -0.15) is 0 Å². The van der Waals surface area contributed by atoms with Gasteiger partial charge in [-0.25, -0.2) is 0 Å². The van der Waals surface area contributed by atoms with Gasteiger partial charge in [0.15, 0.2) is 6.10 Å². The molecule has 0 bridgehead atoms. The highest BCUT2D eigenvalue weighted by molar-refractivity contribution is 5.71. The van der Waals surface area contributed by atoms with E-state index in [1.165, 1.54) is 193 Å². The molecule has 1 unspecified atom stereocenters. The average molecular weight is 1130 g/mol. The molecule has 6 nitrogen and oxygen atoms in total. The van der Waals surface area contributed by atoms with E-state index in [0.717, 1.165) is 109 Å². The predicted octanol–water partition coefficient (Wildman–Crippen LogP) is 24.0. The van der Waals surface area contributed by atoms with Crippen LogP contribution in [0.2, 0.25) is 0 Å². The fraction of sp³-hybridized carbons (Fsp3) is 0.747. The Hall–Kier alpha value is -3.67. The van der Waals surface area contributed by atoms with Crippen molar-refractivity contribution in [3.05, 3.63) is 97.2 Å². The van der Waals surface area contributed by atoms with Gasteiger partial charge in [0.05, 0.1) is 0 Å². The van der Waals surface area contributed by atoms with Crippen molar-refractivity contribution >= 4 is 17.9 Å². The second-order valence-corrected chi connectivity index (χ2v) is 23.1. The number of allylic oxidation sites excluding steroid dienone is 16. The second-order valence-electron chi connectivity index (χ2n) is 23.1. The van der Waals surface area contributed by atoms with Gasteiger partial charge in [0.2, 0.25) is 0 Å². The molecule has 466 valence electrons. The summed E-state index contributed by atoms with van der Waals surface area (Å²) in [5.41, 5.74) is 0. The summed E-state index contributed by atoms with van der Waals surface area (Å²) in [6.45, 7) is 6.53. The summed E-state index contributed by atoms with van der Waals surface area (Å²) in [6, 6.07) is 0. The molecule has 0 saturated heterocycles. The lowest BCUT2D eigenvalue weighted by atomic mass is 10.0. The maximum atomic E-state index is 12.9. The molecule has 0 N–H and O–H groups in total. The predicted molar refractivity (Wildman–Crippen MR) is 353 cm³/mol. The van der Waals surface area contributed by atoms with Crippen LogP contribution >= 0.6 is 0 Å². The first kappa shape index (κ1) is 77.3. The van der Waals surface area contributed by atoms with Crippen molar-refractivity contribution in [2.75, 3.05) is 13.2 Å². The first-order valence-electron chi connectivity index (χ1n) is 34.7. The lowest BCUT2D eigenvalue weighted by Crippen LogP contribution is -2.30. The van der Waals surface area contributed by atoms with Crippen LogP contribution in [0.5, 0.6) is 0 Å². The maximum absolute atomic E-state index is 12.9. The molecule has 81 heavy (non-hydrogen) atoms. The van der Waals surface area contributed by atoms with Crippen LogP contribution in [0.4, 0.5) is 0 Å². The summed E-state index contributed by atoms with van der Waals surface area (Å²) in [4.78, 5) is 38.4. The molecular weight excluding hydrogens is 997 g/mol. The Morgan fingerprint density at radius 2 is 0.481 bits per heavy atom. The topological polar surface area (TPSA) is 78.9 Å². The number of carbonyl (C=O) groups excluding carboxylic acids is 3. The monoisotopic (exact) mass is 1130 g/mol. The molecule has 0 spiro atoms. The van der Waals surface area contributed by atoms with Crippen molar-refractivity contribution in [3.8, 4) is 0 Å². The fourth-order valence-corrected chi connectivity index (χ4v) is 9.89. The zero-order chi connectivity index (χ0) is 58.5. The summed E-state index contributed by atoms with van der Waals surface area (Å²) >= 11 is 0. The van der Waals surface area contributed by atoms with Crippen molar-refractivity contribution in [1.29, 1.82) is 0 Å². The molecule has 0 amide bonds. The van der Waals surface area contributed by atoms with Gasteiger partial charge in [0, 0.05) is 19.3 Å². The van der Waals surface area contributed by atoms with Crippen LogP contribution in [-0.4, -0.2) is 37.2 Å². The highest BCUT2D eigenvalue weighted by atomic mass is 16.6. The van der Waals surface area contributed by atoms with E-state index in [0.29, 0.717) is 19.3 Å². The van der Waals surface area contributed by atoms with Crippen LogP contribution in [0, 0.1) is 0 Å². The normalized spacial score (nSPS) is 12.7. The van der Waals surface area contributed by atoms with Gasteiger partial charge in [0.1, 0.15) is 13.2 Å². The summed E-state index contributed by atoms with van der Waals surface area (Å²) in [5, 5.41) is 0. The van der Waals surface area contributed by atoms with E-state index >= 15 is 0 Å². The summed E-state index contributed by atoms with van der Waals surface area (Å²) in [5.74, 6) is -0.877. The average Bonchev–Trinajstić information content (AvgIpc) is 3.47. The van der Waals surface area contributed by atoms with Gasteiger partial charge in [0.25, 0.3) is 0 Å². The number of ether oxygens (including phenoxy) is 3. The Morgan fingerprint density at radius 1 is 0.259 bits per heavy atom. The zero-order valence-corrected chi connectivity index (χ0v) is 53.5. The summed E-state index contributed by atoms with van der Waals surface area (Å²) in [6.07, 6.45) is 92.9. The number of hydrogen-bond acceptors (Lipinski definition) is 6. The largest absolute Gasteiger partial charge is 0.462 e. The molecule has 0 aromatic rings. The maximum Gasteiger partial charge on any atom is 0.306 e. The van der Waals surface area contributed by atoms with Crippen LogP contribution in [0.25, 0.3) is 0 Å². The van der Waals surface area contributed by atoms with E-state index in [4.69, 9.17) is 14.2 Å². The number of esters is 3. The molecule has 0 aliphatic carbocycles. The van der Waals surface area contributed by atoms with Crippen molar-refractivity contribution < 1.29 is 28.6 Å². The van der Waals surface area contributed by atoms with Crippen LogP contribution in [0.1, 0.15) is 342 Å². The third-order valence-electron chi connectivity index (χ3n) is 15.1. The van der Waals surface area contributed by atoms with E-state index in [-0.39, 0.29) is 31.1 Å². The van der Waals surface area contributed by atoms with Crippen molar-refractivity contribution in [2.45, 2.75) is 348 Å². The number of rotatable bonds is 63. The van der Waals surface area contributed by atoms with Crippen LogP contribution in [0.3, 0.4) is 0 Å². The van der Waals surface area contributed by atoms with Crippen LogP contribution < -0.4 is 0 Å². The third kappa shape index (κ3) is 67.0. The molecule has 6 heteroatoms. The highest BCUT2D eigenvalue weighted by Gasteiger charge is 2.19. The first-order valence-corrected chi connectivity index (χ1v) is 34.7. The van der Waals surface area contributed by atoms with Crippen molar-refractivity contribution in [2.24, 2.45) is 0 Å². The molecule has 0 aromatic heterocycles. The third-order valence-corrected chi connectivity index (χ3v) is 15.1. The molecule has 0 fully saturated rings. The van der Waals surface area contributed by atoms with Gasteiger partial charge in [-0.1, -0.05) is 317 Å². The van der Waals surface area contributed by atoms with Crippen molar-refractivity contribution in [1.82, 2.24) is 0 Å². The van der Waals surface area contributed by atoms with Gasteiger partial charge in [-0.3, -0.25) is 14.4 Å². The molecule has 0 rings (SSSR count). The minimum atomic E-state index is -0.784. The molecule has 0 radical (unpaired) electrons. The SMILES string of the molecule is CC/C=C\C/C=C\C/C=C\C/C=C\C/C=C\CCCCCCCCCC(=O)OC(COC(=O)CCCCCCCCCCCCC)COC(=O)CCCCCCCCCCCCCCCC/C=C\C/C=C\C/C=C\CCCCCCC. The second kappa shape index (κ2) is 68.8. The minimum absolute atomic E-state index is 0.0790. The summed E-state index contributed by atoms with van der Waals surface area (Å²) < 4.78 is 16.9. The first-order chi connectivity index (χ1) is 40.0. The molecular formula is C75H130O6. The molecule has 0 aliphatic rings. The Bertz CT molecular complexity index is 1580. The van der Waals surface area contributed by atoms with E-state index in [2.05, 4.69) is 118 Å². The Balaban J connectivity index is 4.24. The van der Waals surface area contributed by atoms with Gasteiger partial charge < -0.3 is 14.2 Å². The number of hydrogen-bond donors (Lipinski definition) is 0. The lowest BCUT2D eigenvalue weighted by molar-refractivity contribution is -0.167. The highest BCUT2D eigenvalue weighted by Crippen LogP contribution is 2.17. The van der Waals surface area contributed by atoms with Crippen molar-refractivity contribution in [3.63, 3.8) is 0 Å². The van der Waals surface area contributed by atoms with Gasteiger partial charge >= 0.3 is 17.9 Å². The van der Waals surface area contributed by atoms with E-state index in [9.17, 15) is 14.4 Å². The number of carbonyl (C=O) groups is 3. The Morgan fingerprint density at radius 3 is 0.753 bits per heavy atom. The van der Waals surface area contributed by atoms with Crippen LogP contribution in [0.15, 0.2) is 97.2 Å². The molecule has 0 saturated carbocycles. The molecule has 0 heterocycles. The number of unbranched alkanes of at least 4 members (excludes halogenated alkanes) is 36. The van der Waals surface area contributed by atoms with E-state index in [1.807, 2.05) is 0 Å². The zero-order valence-electron chi connectivity index (χ0n) is 53.5. The smallest absolute Gasteiger partial charge is 0.306 e. The standard InChI is InChI=1S/C75H130O6/c1-4-7-10-13-16-19-22-24-26-28-30-32-34-35-36-37-38-39-41-42-44-46-48-50-53-56-59-62-65-68-74(77)80-71-72(70-79-73(76)67-64-61-58-55-52-21-18-15-12-9-6-3)81-75(78)69-66-63-60-57-54-51-49-47-45-43-40-33-31-29-27-25-23-20-17-14-11-8-5-2/h8,11,17,20,22,24-25,27-28,30-31,33-35,43,45,72H,4-7,9-10,12-16,18-19,21,23,26,29,32,36-42,44,46-71H2,1-3H3/b11-8-,20-17-,24-22-,27-25-,30-28-,33-31-,35-34-,45-43-. The Labute approximate surface area is 502 Å². The minimum Gasteiger partial charge on any atom is -0.462 e. The lowest BCUT2D eigenvalue weighted by Gasteiger charge is -2.18. The van der Waals surface area contributed by atoms with E-state index < -0.39 is 6.10 Å². The van der Waals surface area contributed by atoms with E-state index in [1.54, 1.807) is 0 Å². The van der Waals surface area contributed by atoms with Crippen LogP contribution in [-0.2, 0) is 28.6 Å². The van der Waals surface area contributed by atoms with Gasteiger partial charge in [-0.05, 0) is 103 Å². The molecule has 0 aromatic carbocycles. The molecule has 1 atom stereocenters. The summed E-state index contributed by atoms with van der Waals surface area (Å²) in [7, 11) is 0. The quantitative estimate of drug-likeness (QED) is 0.0261. The fourth-order valence-electron chi connectivity index (χ4n) is 9.89.